The Balaban J connectivity index is 2.54. The van der Waals surface area contributed by atoms with Gasteiger partial charge in [0.15, 0.2) is 0 Å². The molecule has 6 heteroatoms. The van der Waals surface area contributed by atoms with Crippen molar-refractivity contribution in [2.24, 2.45) is 0 Å². The van der Waals surface area contributed by atoms with Gasteiger partial charge in [0.2, 0.25) is 11.8 Å². The predicted octanol–water partition coefficient (Wildman–Crippen LogP) is 1.33. The fourth-order valence-electron chi connectivity index (χ4n) is 1.53. The Morgan fingerprint density at radius 3 is 2.20 bits per heavy atom. The van der Waals surface area contributed by atoms with E-state index in [0.29, 0.717) is 11.3 Å². The Morgan fingerprint density at radius 2 is 1.70 bits per heavy atom. The van der Waals surface area contributed by atoms with Crippen molar-refractivity contribution < 1.29 is 19.1 Å². The average Bonchev–Trinajstić information content (AvgIpc) is 2.37. The predicted molar refractivity (Wildman–Crippen MR) is 74.3 cm³/mol. The van der Waals surface area contributed by atoms with Crippen LogP contribution in [0.1, 0.15) is 30.6 Å². The van der Waals surface area contributed by atoms with Gasteiger partial charge in [-0.3, -0.25) is 9.59 Å². The van der Waals surface area contributed by atoms with Gasteiger partial charge in [0, 0.05) is 11.7 Å². The van der Waals surface area contributed by atoms with Gasteiger partial charge in [0.25, 0.3) is 0 Å². The second-order valence-electron chi connectivity index (χ2n) is 4.52. The number of hydrogen-bond donors (Lipinski definition) is 2. The highest BCUT2D eigenvalue weighted by molar-refractivity contribution is 6.03. The lowest BCUT2D eigenvalue weighted by Gasteiger charge is -2.09. The number of nitrogens with one attached hydrogen (secondary N) is 2. The second kappa shape index (κ2) is 7.28. The summed E-state index contributed by atoms with van der Waals surface area (Å²) < 4.78 is 4.57. The fourth-order valence-corrected chi connectivity index (χ4v) is 1.53. The molecule has 2 N–H and O–H groups in total. The number of ether oxygens (including phenoxy) is 1. The standard InChI is InChI=1S/C14H18N2O4/c1-9(2)15-12(17)8-13(18)16-11-6-4-10(5-7-11)14(19)20-3/h4-7,9H,8H2,1-3H3,(H,15,17)(H,16,18). The minimum atomic E-state index is -0.445. The maximum Gasteiger partial charge on any atom is 0.337 e. The number of amides is 2. The molecule has 0 heterocycles. The molecule has 1 aromatic carbocycles. The van der Waals surface area contributed by atoms with Crippen LogP contribution in [0.15, 0.2) is 24.3 Å². The number of rotatable bonds is 5. The third-order valence-electron chi connectivity index (χ3n) is 2.36. The first-order valence-corrected chi connectivity index (χ1v) is 6.20. The maximum atomic E-state index is 11.6. The fraction of sp³-hybridized carbons (Fsp3) is 0.357. The SMILES string of the molecule is COC(=O)c1ccc(NC(=O)CC(=O)NC(C)C)cc1. The molecule has 20 heavy (non-hydrogen) atoms. The third kappa shape index (κ3) is 5.09. The van der Waals surface area contributed by atoms with Gasteiger partial charge in [-0.2, -0.15) is 0 Å². The van der Waals surface area contributed by atoms with Crippen LogP contribution >= 0.6 is 0 Å². The van der Waals surface area contributed by atoms with Gasteiger partial charge in [0.05, 0.1) is 12.7 Å². The molecular weight excluding hydrogens is 260 g/mol. The number of hydrogen-bond acceptors (Lipinski definition) is 4. The topological polar surface area (TPSA) is 84.5 Å². The molecule has 1 rings (SSSR count). The normalized spacial score (nSPS) is 10.0. The zero-order valence-corrected chi connectivity index (χ0v) is 11.7. The molecule has 0 saturated carbocycles. The lowest BCUT2D eigenvalue weighted by atomic mass is 10.2. The molecule has 0 fully saturated rings. The minimum Gasteiger partial charge on any atom is -0.465 e. The van der Waals surface area contributed by atoms with Crippen LogP contribution in [0.4, 0.5) is 5.69 Å². The molecule has 1 aromatic rings. The summed E-state index contributed by atoms with van der Waals surface area (Å²) in [6.45, 7) is 3.64. The van der Waals surface area contributed by atoms with Crippen molar-refractivity contribution in [2.75, 3.05) is 12.4 Å². The van der Waals surface area contributed by atoms with E-state index in [-0.39, 0.29) is 18.4 Å². The van der Waals surface area contributed by atoms with Gasteiger partial charge in [-0.15, -0.1) is 0 Å². The molecule has 0 radical (unpaired) electrons. The van der Waals surface area contributed by atoms with E-state index in [1.165, 1.54) is 19.2 Å². The van der Waals surface area contributed by atoms with Crippen LogP contribution in [0.3, 0.4) is 0 Å². The summed E-state index contributed by atoms with van der Waals surface area (Å²) in [6.07, 6.45) is -0.239. The Kier molecular flexibility index (Phi) is 5.71. The zero-order chi connectivity index (χ0) is 15.1. The highest BCUT2D eigenvalue weighted by atomic mass is 16.5. The highest BCUT2D eigenvalue weighted by Crippen LogP contribution is 2.10. The van der Waals surface area contributed by atoms with Crippen molar-refractivity contribution in [3.8, 4) is 0 Å². The van der Waals surface area contributed by atoms with E-state index in [9.17, 15) is 14.4 Å². The highest BCUT2D eigenvalue weighted by Gasteiger charge is 2.11. The summed E-state index contributed by atoms with van der Waals surface area (Å²) >= 11 is 0. The van der Waals surface area contributed by atoms with Crippen LogP contribution in [0.25, 0.3) is 0 Å². The monoisotopic (exact) mass is 278 g/mol. The first kappa shape index (κ1) is 15.7. The lowest BCUT2D eigenvalue weighted by Crippen LogP contribution is -2.33. The summed E-state index contributed by atoms with van der Waals surface area (Å²) in [7, 11) is 1.30. The molecular formula is C14H18N2O4. The number of esters is 1. The van der Waals surface area contributed by atoms with Crippen LogP contribution in [0.2, 0.25) is 0 Å². The molecule has 0 aromatic heterocycles. The van der Waals surface area contributed by atoms with E-state index in [0.717, 1.165) is 0 Å². The first-order chi connectivity index (χ1) is 9.42. The van der Waals surface area contributed by atoms with E-state index in [4.69, 9.17) is 0 Å². The summed E-state index contributed by atoms with van der Waals surface area (Å²) in [5.74, 6) is -1.18. The van der Waals surface area contributed by atoms with E-state index in [2.05, 4.69) is 15.4 Å². The Labute approximate surface area is 117 Å². The number of benzene rings is 1. The first-order valence-electron chi connectivity index (χ1n) is 6.20. The Morgan fingerprint density at radius 1 is 1.10 bits per heavy atom. The van der Waals surface area contributed by atoms with E-state index < -0.39 is 11.9 Å². The van der Waals surface area contributed by atoms with Crippen molar-refractivity contribution in [1.29, 1.82) is 0 Å². The largest absolute Gasteiger partial charge is 0.465 e. The van der Waals surface area contributed by atoms with Gasteiger partial charge < -0.3 is 15.4 Å². The smallest absolute Gasteiger partial charge is 0.337 e. The molecule has 0 saturated heterocycles. The van der Waals surface area contributed by atoms with E-state index in [1.54, 1.807) is 12.1 Å². The van der Waals surface area contributed by atoms with Crippen molar-refractivity contribution in [3.63, 3.8) is 0 Å². The molecule has 0 spiro atoms. The van der Waals surface area contributed by atoms with Gasteiger partial charge in [-0.05, 0) is 38.1 Å². The van der Waals surface area contributed by atoms with E-state index in [1.807, 2.05) is 13.8 Å². The van der Waals surface area contributed by atoms with E-state index >= 15 is 0 Å². The van der Waals surface area contributed by atoms with Gasteiger partial charge in [-0.25, -0.2) is 4.79 Å². The number of carbonyl (C=O) groups is 3. The number of methoxy groups -OCH3 is 1. The van der Waals surface area contributed by atoms with Crippen LogP contribution in [0, 0.1) is 0 Å². The quantitative estimate of drug-likeness (QED) is 0.628. The summed E-state index contributed by atoms with van der Waals surface area (Å²) in [6, 6.07) is 6.22. The summed E-state index contributed by atoms with van der Waals surface area (Å²) in [5, 5.41) is 5.21. The molecule has 0 atom stereocenters. The van der Waals surface area contributed by atoms with Crippen molar-refractivity contribution in [3.05, 3.63) is 29.8 Å². The van der Waals surface area contributed by atoms with Crippen LogP contribution in [0.5, 0.6) is 0 Å². The Bertz CT molecular complexity index is 494. The molecule has 108 valence electrons. The molecule has 6 nitrogen and oxygen atoms in total. The van der Waals surface area contributed by atoms with Gasteiger partial charge >= 0.3 is 5.97 Å². The molecule has 0 unspecified atom stereocenters. The summed E-state index contributed by atoms with van der Waals surface area (Å²) in [5.41, 5.74) is 0.906. The van der Waals surface area contributed by atoms with Crippen LogP contribution < -0.4 is 10.6 Å². The second-order valence-corrected chi connectivity index (χ2v) is 4.52. The number of anilines is 1. The molecule has 0 bridgehead atoms. The van der Waals surface area contributed by atoms with Gasteiger partial charge in [-0.1, -0.05) is 0 Å². The molecule has 0 aliphatic heterocycles. The van der Waals surface area contributed by atoms with Crippen molar-refractivity contribution >= 4 is 23.5 Å². The van der Waals surface area contributed by atoms with Crippen LogP contribution in [-0.2, 0) is 14.3 Å². The number of carbonyl (C=O) groups excluding carboxylic acids is 3. The minimum absolute atomic E-state index is 0.00496. The third-order valence-corrected chi connectivity index (χ3v) is 2.36. The average molecular weight is 278 g/mol. The molecule has 0 aliphatic carbocycles. The molecule has 0 aliphatic rings. The van der Waals surface area contributed by atoms with Gasteiger partial charge in [0.1, 0.15) is 6.42 Å². The summed E-state index contributed by atoms with van der Waals surface area (Å²) in [4.78, 5) is 34.3. The van der Waals surface area contributed by atoms with Crippen molar-refractivity contribution in [1.82, 2.24) is 5.32 Å². The molecule has 2 amide bonds. The lowest BCUT2D eigenvalue weighted by molar-refractivity contribution is -0.127. The van der Waals surface area contributed by atoms with Crippen molar-refractivity contribution in [2.45, 2.75) is 26.3 Å². The zero-order valence-electron chi connectivity index (χ0n) is 11.7. The van der Waals surface area contributed by atoms with Crippen LogP contribution in [-0.4, -0.2) is 30.9 Å². The maximum absolute atomic E-state index is 11.6. The Hall–Kier alpha value is -2.37.